The summed E-state index contributed by atoms with van der Waals surface area (Å²) in [4.78, 5) is 0. The van der Waals surface area contributed by atoms with E-state index in [1.807, 2.05) is 0 Å². The van der Waals surface area contributed by atoms with Crippen molar-refractivity contribution in [1.82, 2.24) is 0 Å². The van der Waals surface area contributed by atoms with Gasteiger partial charge in [0.05, 0.1) is 0 Å². The van der Waals surface area contributed by atoms with Crippen LogP contribution < -0.4 is 3.17 Å². The summed E-state index contributed by atoms with van der Waals surface area (Å²) >= 11 is -1.83. The molecule has 8 heteroatoms. The average molecular weight is 243 g/mol. The fourth-order valence-corrected chi connectivity index (χ4v) is 1.46. The first-order valence-electron chi connectivity index (χ1n) is 3.20. The van der Waals surface area contributed by atoms with E-state index in [1.54, 1.807) is 0 Å². The van der Waals surface area contributed by atoms with Crippen LogP contribution in [-0.4, -0.2) is 19.7 Å². The van der Waals surface area contributed by atoms with Crippen LogP contribution in [0.3, 0.4) is 0 Å². The monoisotopic (exact) mass is 242 g/mol. The van der Waals surface area contributed by atoms with E-state index in [4.69, 9.17) is 9.07 Å². The minimum atomic E-state index is -2.22. The Morgan fingerprint density at radius 1 is 0.786 bits per heavy atom. The van der Waals surface area contributed by atoms with E-state index >= 15 is 0 Å². The van der Waals surface area contributed by atoms with Crippen LogP contribution in [0.2, 0.25) is 0 Å². The summed E-state index contributed by atoms with van der Waals surface area (Å²) in [6.45, 7) is 0. The van der Waals surface area contributed by atoms with Crippen LogP contribution in [0, 0.1) is 29.1 Å². The number of halogens is 6. The van der Waals surface area contributed by atoms with Gasteiger partial charge in [0.25, 0.3) is 0 Å². The molecule has 0 aromatic heterocycles. The summed E-state index contributed by atoms with van der Waals surface area (Å²) in [5.74, 6) is -11.6. The molecule has 74 valence electrons. The van der Waals surface area contributed by atoms with Crippen molar-refractivity contribution < 1.29 is 25.1 Å². The van der Waals surface area contributed by atoms with E-state index in [0.717, 1.165) is 0 Å². The SMILES string of the molecule is Fc1c(F)c(F)c([O][Mg][Cl])c(F)c1F. The van der Waals surface area contributed by atoms with Gasteiger partial charge in [-0.1, -0.05) is 0 Å². The molecule has 0 atom stereocenters. The van der Waals surface area contributed by atoms with Gasteiger partial charge in [0.2, 0.25) is 29.1 Å². The first kappa shape index (κ1) is 11.8. The molecular formula is C6ClF5MgO. The predicted octanol–water partition coefficient (Wildman–Crippen LogP) is 2.53. The smallest absolute Gasteiger partial charge is 0.682 e. The quantitative estimate of drug-likeness (QED) is 0.335. The Morgan fingerprint density at radius 3 is 1.50 bits per heavy atom. The highest BCUT2D eigenvalue weighted by Gasteiger charge is 2.26. The zero-order valence-electron chi connectivity index (χ0n) is 6.38. The van der Waals surface area contributed by atoms with Crippen molar-refractivity contribution in [3.05, 3.63) is 29.1 Å². The maximum absolute atomic E-state index is 12.7. The maximum Gasteiger partial charge on any atom is 0.795 e. The summed E-state index contributed by atoms with van der Waals surface area (Å²) in [5.41, 5.74) is 0. The summed E-state index contributed by atoms with van der Waals surface area (Å²) in [6.07, 6.45) is 0. The molecule has 14 heavy (non-hydrogen) atoms. The minimum Gasteiger partial charge on any atom is -0.682 e. The van der Waals surface area contributed by atoms with Crippen molar-refractivity contribution in [3.63, 3.8) is 0 Å². The molecule has 0 unspecified atom stereocenters. The third-order valence-corrected chi connectivity index (χ3v) is 2.09. The second kappa shape index (κ2) is 4.50. The molecule has 0 aliphatic carbocycles. The van der Waals surface area contributed by atoms with E-state index in [0.29, 0.717) is 0 Å². The summed E-state index contributed by atoms with van der Waals surface area (Å²) in [7, 11) is 5.07. The van der Waals surface area contributed by atoms with Crippen LogP contribution in [0.15, 0.2) is 0 Å². The molecule has 0 N–H and O–H groups in total. The molecule has 0 amide bonds. The lowest BCUT2D eigenvalue weighted by atomic mass is 10.3. The molecule has 0 aliphatic heterocycles. The van der Waals surface area contributed by atoms with Crippen LogP contribution in [0.25, 0.3) is 0 Å². The fourth-order valence-electron chi connectivity index (χ4n) is 0.766. The van der Waals surface area contributed by atoms with Crippen LogP contribution in [-0.2, 0) is 0 Å². The molecule has 0 heterocycles. The van der Waals surface area contributed by atoms with Gasteiger partial charge in [-0.2, -0.15) is 8.78 Å². The Bertz CT molecular complexity index is 343. The van der Waals surface area contributed by atoms with Gasteiger partial charge >= 0.3 is 19.7 Å². The third kappa shape index (κ3) is 1.89. The molecule has 0 fully saturated rings. The van der Waals surface area contributed by atoms with Crippen LogP contribution in [0.5, 0.6) is 5.75 Å². The van der Waals surface area contributed by atoms with Crippen LogP contribution in [0.4, 0.5) is 22.0 Å². The molecule has 0 bridgehead atoms. The number of hydrogen-bond acceptors (Lipinski definition) is 1. The van der Waals surface area contributed by atoms with Crippen molar-refractivity contribution >= 4 is 28.7 Å². The Balaban J connectivity index is 3.43. The van der Waals surface area contributed by atoms with Gasteiger partial charge in [-0.25, -0.2) is 13.2 Å². The maximum atomic E-state index is 12.7. The fraction of sp³-hybridized carbons (Fsp3) is 0. The lowest BCUT2D eigenvalue weighted by Gasteiger charge is -2.09. The summed E-state index contributed by atoms with van der Waals surface area (Å²) in [5, 5.41) is 0. The van der Waals surface area contributed by atoms with Gasteiger partial charge in [-0.05, 0) is 0 Å². The van der Waals surface area contributed by atoms with E-state index in [9.17, 15) is 22.0 Å². The molecule has 1 aromatic carbocycles. The molecule has 1 rings (SSSR count). The first-order chi connectivity index (χ1) is 6.50. The number of hydrogen-bond donors (Lipinski definition) is 0. The second-order valence-corrected chi connectivity index (χ2v) is 3.31. The molecule has 1 aromatic rings. The van der Waals surface area contributed by atoms with Gasteiger partial charge in [0, 0.05) is 0 Å². The molecule has 0 saturated heterocycles. The largest absolute Gasteiger partial charge is 0.795 e. The highest BCUT2D eigenvalue weighted by molar-refractivity contribution is 6.90. The Labute approximate surface area is 88.8 Å². The van der Waals surface area contributed by atoms with E-state index in [2.05, 4.69) is 3.17 Å². The zero-order valence-corrected chi connectivity index (χ0v) is 8.55. The van der Waals surface area contributed by atoms with E-state index < -0.39 is 54.5 Å². The van der Waals surface area contributed by atoms with Gasteiger partial charge < -0.3 is 3.17 Å². The third-order valence-electron chi connectivity index (χ3n) is 1.37. The van der Waals surface area contributed by atoms with Crippen LogP contribution >= 0.6 is 9.07 Å². The van der Waals surface area contributed by atoms with Gasteiger partial charge in [0.15, 0.2) is 0 Å². The molecule has 0 spiro atoms. The molecule has 0 saturated carbocycles. The summed E-state index contributed by atoms with van der Waals surface area (Å²) in [6, 6.07) is 0. The molecule has 0 radical (unpaired) electrons. The predicted molar refractivity (Wildman–Crippen MR) is 38.5 cm³/mol. The average Bonchev–Trinajstić information content (AvgIpc) is 2.19. The minimum absolute atomic E-state index is 1.32. The lowest BCUT2D eigenvalue weighted by molar-refractivity contribution is 0.352. The topological polar surface area (TPSA) is 9.23 Å². The number of rotatable bonds is 2. The van der Waals surface area contributed by atoms with Crippen molar-refractivity contribution in [3.8, 4) is 5.75 Å². The Kier molecular flexibility index (Phi) is 3.79. The zero-order chi connectivity index (χ0) is 10.9. The number of benzene rings is 1. The molecule has 1 nitrogen and oxygen atoms in total. The molecule has 0 aliphatic rings. The second-order valence-electron chi connectivity index (χ2n) is 2.15. The van der Waals surface area contributed by atoms with Crippen molar-refractivity contribution in [1.29, 1.82) is 0 Å². The van der Waals surface area contributed by atoms with Gasteiger partial charge in [0.1, 0.15) is 5.75 Å². The normalized spacial score (nSPS) is 9.86. The van der Waals surface area contributed by atoms with Crippen molar-refractivity contribution in [2.45, 2.75) is 0 Å². The van der Waals surface area contributed by atoms with Crippen molar-refractivity contribution in [2.24, 2.45) is 0 Å². The van der Waals surface area contributed by atoms with E-state index in [-0.39, 0.29) is 0 Å². The van der Waals surface area contributed by atoms with Crippen molar-refractivity contribution in [2.75, 3.05) is 0 Å². The van der Waals surface area contributed by atoms with Gasteiger partial charge in [-0.15, -0.1) is 0 Å². The van der Waals surface area contributed by atoms with E-state index in [1.165, 1.54) is 0 Å². The standard InChI is InChI=1S/C6HF5O.ClH.Mg/c7-1-2(8)4(10)6(12)5(11)3(1)9;;/h12H;1H;/q;;+2/p-2. The highest BCUT2D eigenvalue weighted by atomic mass is 35.5. The lowest BCUT2D eigenvalue weighted by Crippen LogP contribution is -2.07. The Morgan fingerprint density at radius 2 is 1.14 bits per heavy atom. The highest BCUT2D eigenvalue weighted by Crippen LogP contribution is 2.28. The first-order valence-corrected chi connectivity index (χ1v) is 5.92. The summed E-state index contributed by atoms with van der Waals surface area (Å²) < 4.78 is 67.0. The van der Waals surface area contributed by atoms with Crippen LogP contribution in [0.1, 0.15) is 0 Å². The van der Waals surface area contributed by atoms with Gasteiger partial charge in [-0.3, -0.25) is 9.07 Å². The Hall–Kier alpha value is -0.274. The molecular weight excluding hydrogens is 243 g/mol.